The number of esters is 1. The van der Waals surface area contributed by atoms with Gasteiger partial charge in [-0.15, -0.1) is 0 Å². The van der Waals surface area contributed by atoms with Gasteiger partial charge in [0.05, 0.1) is 7.11 Å². The summed E-state index contributed by atoms with van der Waals surface area (Å²) in [5.74, 6) is -1.29. The Labute approximate surface area is 234 Å². The van der Waals surface area contributed by atoms with Crippen molar-refractivity contribution >= 4 is 23.9 Å². The van der Waals surface area contributed by atoms with Crippen molar-refractivity contribution < 1.29 is 28.7 Å². The van der Waals surface area contributed by atoms with Gasteiger partial charge < -0.3 is 24.6 Å². The van der Waals surface area contributed by atoms with Crippen molar-refractivity contribution in [3.63, 3.8) is 0 Å². The van der Waals surface area contributed by atoms with Crippen LogP contribution in [-0.4, -0.2) is 78.6 Å². The van der Waals surface area contributed by atoms with Gasteiger partial charge in [0.1, 0.15) is 24.7 Å². The van der Waals surface area contributed by atoms with Gasteiger partial charge in [0, 0.05) is 19.0 Å². The quantitative estimate of drug-likeness (QED) is 0.530. The number of amides is 3. The molecule has 9 heteroatoms. The maximum Gasteiger partial charge on any atom is 0.407 e. The molecule has 3 amide bonds. The molecule has 2 saturated heterocycles. The fourth-order valence-electron chi connectivity index (χ4n) is 6.35. The summed E-state index contributed by atoms with van der Waals surface area (Å²) >= 11 is 0. The molecule has 0 aromatic heterocycles. The molecule has 5 rings (SSSR count). The molecule has 2 aromatic carbocycles. The van der Waals surface area contributed by atoms with Crippen LogP contribution in [0.2, 0.25) is 0 Å². The molecular formula is C31H37N3O6. The Bertz CT molecular complexity index is 1250. The predicted octanol–water partition coefficient (Wildman–Crippen LogP) is 3.70. The summed E-state index contributed by atoms with van der Waals surface area (Å²) in [5.41, 5.74) is 4.50. The van der Waals surface area contributed by atoms with Gasteiger partial charge in [0.15, 0.2) is 0 Å². The van der Waals surface area contributed by atoms with E-state index in [1.54, 1.807) is 9.80 Å². The lowest BCUT2D eigenvalue weighted by atomic mass is 9.98. The lowest BCUT2D eigenvalue weighted by molar-refractivity contribution is -0.154. The maximum absolute atomic E-state index is 13.7. The van der Waals surface area contributed by atoms with Crippen LogP contribution in [0.1, 0.15) is 56.6 Å². The van der Waals surface area contributed by atoms with E-state index in [4.69, 9.17) is 9.47 Å². The molecule has 9 nitrogen and oxygen atoms in total. The Balaban J connectivity index is 1.24. The highest BCUT2D eigenvalue weighted by atomic mass is 16.5. The number of ether oxygens (including phenoxy) is 2. The number of fused-ring (bicyclic) bond motifs is 3. The van der Waals surface area contributed by atoms with Crippen molar-refractivity contribution in [2.45, 2.75) is 63.6 Å². The van der Waals surface area contributed by atoms with Gasteiger partial charge >= 0.3 is 12.1 Å². The number of carbonyl (C=O) groups is 4. The number of rotatable bonds is 7. The van der Waals surface area contributed by atoms with E-state index in [0.29, 0.717) is 38.8 Å². The van der Waals surface area contributed by atoms with Crippen LogP contribution in [0, 0.1) is 5.92 Å². The van der Waals surface area contributed by atoms with E-state index < -0.39 is 30.2 Å². The molecular weight excluding hydrogens is 510 g/mol. The first-order valence-corrected chi connectivity index (χ1v) is 14.1. The standard InChI is InChI=1S/C31H37N3O6/c1-19(2)27(29(36)33-16-8-14-25(33)28(35)34-17-9-15-26(34)30(37)39-3)32-31(38)40-18-24-22-12-6-4-10-20(22)21-11-5-7-13-23(21)24/h4-7,10-13,19,24-27H,8-9,14-18H2,1-3H3,(H,32,38)/t25-,26-,27+/m1/s1. The molecule has 1 aliphatic carbocycles. The molecule has 212 valence electrons. The Kier molecular flexibility index (Phi) is 8.09. The zero-order valence-electron chi connectivity index (χ0n) is 23.3. The largest absolute Gasteiger partial charge is 0.467 e. The summed E-state index contributed by atoms with van der Waals surface area (Å²) in [6.07, 6.45) is 1.79. The fourth-order valence-corrected chi connectivity index (χ4v) is 6.35. The molecule has 0 spiro atoms. The van der Waals surface area contributed by atoms with Crippen molar-refractivity contribution in [2.24, 2.45) is 5.92 Å². The molecule has 2 aliphatic heterocycles. The van der Waals surface area contributed by atoms with Crippen LogP contribution in [0.25, 0.3) is 11.1 Å². The van der Waals surface area contributed by atoms with E-state index >= 15 is 0 Å². The molecule has 3 aliphatic rings. The molecule has 3 atom stereocenters. The third-order valence-electron chi connectivity index (χ3n) is 8.38. The Hall–Kier alpha value is -3.88. The van der Waals surface area contributed by atoms with E-state index in [0.717, 1.165) is 22.3 Å². The molecule has 40 heavy (non-hydrogen) atoms. The van der Waals surface area contributed by atoms with E-state index in [1.807, 2.05) is 38.1 Å². The second-order valence-corrected chi connectivity index (χ2v) is 11.1. The highest BCUT2D eigenvalue weighted by Crippen LogP contribution is 2.44. The van der Waals surface area contributed by atoms with Gasteiger partial charge in [-0.05, 0) is 53.9 Å². The highest BCUT2D eigenvalue weighted by molar-refractivity contribution is 5.94. The van der Waals surface area contributed by atoms with Crippen LogP contribution < -0.4 is 5.32 Å². The summed E-state index contributed by atoms with van der Waals surface area (Å²) in [6.45, 7) is 4.73. The van der Waals surface area contributed by atoms with Crippen LogP contribution in [-0.2, 0) is 23.9 Å². The number of carbonyl (C=O) groups excluding carboxylic acids is 4. The summed E-state index contributed by atoms with van der Waals surface area (Å²) in [4.78, 5) is 55.5. The zero-order valence-corrected chi connectivity index (χ0v) is 23.3. The highest BCUT2D eigenvalue weighted by Gasteiger charge is 2.44. The van der Waals surface area contributed by atoms with E-state index in [1.165, 1.54) is 7.11 Å². The second kappa shape index (κ2) is 11.7. The van der Waals surface area contributed by atoms with Crippen molar-refractivity contribution in [1.29, 1.82) is 0 Å². The van der Waals surface area contributed by atoms with Gasteiger partial charge in [-0.25, -0.2) is 9.59 Å². The third-order valence-corrected chi connectivity index (χ3v) is 8.38. The first-order chi connectivity index (χ1) is 19.3. The number of nitrogens with zero attached hydrogens (tertiary/aromatic N) is 2. The number of methoxy groups -OCH3 is 1. The van der Waals surface area contributed by atoms with Crippen molar-refractivity contribution in [3.05, 3.63) is 59.7 Å². The molecule has 0 bridgehead atoms. The number of alkyl carbamates (subject to hydrolysis) is 1. The zero-order chi connectivity index (χ0) is 28.4. The maximum atomic E-state index is 13.7. The number of hydrogen-bond acceptors (Lipinski definition) is 6. The lowest BCUT2D eigenvalue weighted by Gasteiger charge is -2.33. The molecule has 0 unspecified atom stereocenters. The van der Waals surface area contributed by atoms with Crippen LogP contribution in [0.15, 0.2) is 48.5 Å². The third kappa shape index (κ3) is 5.17. The minimum atomic E-state index is -0.848. The molecule has 2 heterocycles. The van der Waals surface area contributed by atoms with Crippen LogP contribution in [0.5, 0.6) is 0 Å². The van der Waals surface area contributed by atoms with E-state index in [-0.39, 0.29) is 30.3 Å². The Morgan fingerprint density at radius 2 is 1.45 bits per heavy atom. The molecule has 2 aromatic rings. The van der Waals surface area contributed by atoms with Gasteiger partial charge in [0.2, 0.25) is 11.8 Å². The average Bonchev–Trinajstić information content (AvgIpc) is 3.71. The average molecular weight is 548 g/mol. The van der Waals surface area contributed by atoms with Crippen LogP contribution >= 0.6 is 0 Å². The van der Waals surface area contributed by atoms with Gasteiger partial charge in [-0.1, -0.05) is 62.4 Å². The Morgan fingerprint density at radius 1 is 0.875 bits per heavy atom. The SMILES string of the molecule is COC(=O)[C@H]1CCCN1C(=O)[C@H]1CCCN1C(=O)[C@@H](NC(=O)OCC1c2ccccc2-c2ccccc21)C(C)C. The van der Waals surface area contributed by atoms with Gasteiger partial charge in [-0.3, -0.25) is 9.59 Å². The van der Waals surface area contributed by atoms with Gasteiger partial charge in [0.25, 0.3) is 0 Å². The summed E-state index contributed by atoms with van der Waals surface area (Å²) < 4.78 is 10.6. The minimum absolute atomic E-state index is 0.0878. The molecule has 0 radical (unpaired) electrons. The summed E-state index contributed by atoms with van der Waals surface area (Å²) in [7, 11) is 1.32. The van der Waals surface area contributed by atoms with Crippen molar-refractivity contribution in [2.75, 3.05) is 26.8 Å². The first-order valence-electron chi connectivity index (χ1n) is 14.1. The van der Waals surface area contributed by atoms with E-state index in [9.17, 15) is 19.2 Å². The predicted molar refractivity (Wildman–Crippen MR) is 148 cm³/mol. The number of likely N-dealkylation sites (tertiary alicyclic amines) is 2. The monoisotopic (exact) mass is 547 g/mol. The fraction of sp³-hybridized carbons (Fsp3) is 0.484. The number of hydrogen-bond donors (Lipinski definition) is 1. The minimum Gasteiger partial charge on any atom is -0.467 e. The smallest absolute Gasteiger partial charge is 0.407 e. The first kappa shape index (κ1) is 27.7. The number of nitrogens with one attached hydrogen (secondary N) is 1. The van der Waals surface area contributed by atoms with Crippen LogP contribution in [0.4, 0.5) is 4.79 Å². The lowest BCUT2D eigenvalue weighted by Crippen LogP contribution is -2.56. The summed E-state index contributed by atoms with van der Waals surface area (Å²) in [6, 6.07) is 14.1. The van der Waals surface area contributed by atoms with Crippen molar-refractivity contribution in [3.8, 4) is 11.1 Å². The molecule has 0 saturated carbocycles. The molecule has 2 fully saturated rings. The number of benzene rings is 2. The summed E-state index contributed by atoms with van der Waals surface area (Å²) in [5, 5.41) is 2.78. The van der Waals surface area contributed by atoms with Gasteiger partial charge in [-0.2, -0.15) is 0 Å². The normalized spacial score (nSPS) is 20.7. The van der Waals surface area contributed by atoms with Crippen LogP contribution in [0.3, 0.4) is 0 Å². The second-order valence-electron chi connectivity index (χ2n) is 11.1. The van der Waals surface area contributed by atoms with Crippen molar-refractivity contribution in [1.82, 2.24) is 15.1 Å². The topological polar surface area (TPSA) is 105 Å². The molecule has 1 N–H and O–H groups in total. The van der Waals surface area contributed by atoms with E-state index in [2.05, 4.69) is 29.6 Å². The Morgan fingerprint density at radius 3 is 2.05 bits per heavy atom.